The molecule has 0 aliphatic heterocycles. The third-order valence-corrected chi connectivity index (χ3v) is 3.64. The van der Waals surface area contributed by atoms with E-state index < -0.39 is 23.4 Å². The Hall–Kier alpha value is -0.780. The molecule has 0 saturated heterocycles. The molecule has 1 aliphatic rings. The molecule has 3 N–H and O–H groups in total. The van der Waals surface area contributed by atoms with E-state index >= 15 is 0 Å². The molecule has 1 amide bonds. The molecule has 106 valence electrons. The van der Waals surface area contributed by atoms with Gasteiger partial charge in [-0.2, -0.15) is 13.2 Å². The third kappa shape index (κ3) is 4.15. The minimum Gasteiger partial charge on any atom is -0.369 e. The summed E-state index contributed by atoms with van der Waals surface area (Å²) in [6, 6.07) is -0.177. The highest BCUT2D eigenvalue weighted by Crippen LogP contribution is 2.37. The summed E-state index contributed by atoms with van der Waals surface area (Å²) in [7, 11) is 0. The van der Waals surface area contributed by atoms with Gasteiger partial charge in [-0.3, -0.25) is 4.79 Å². The molecular weight excluding hydrogens is 245 g/mol. The van der Waals surface area contributed by atoms with Crippen LogP contribution in [0.2, 0.25) is 0 Å². The summed E-state index contributed by atoms with van der Waals surface area (Å²) in [6.07, 6.45) is -2.51. The molecule has 3 nitrogen and oxygen atoms in total. The van der Waals surface area contributed by atoms with Crippen LogP contribution in [0.5, 0.6) is 0 Å². The van der Waals surface area contributed by atoms with Crippen molar-refractivity contribution in [2.45, 2.75) is 51.7 Å². The Bertz CT molecular complexity index is 302. The van der Waals surface area contributed by atoms with Crippen LogP contribution >= 0.6 is 0 Å². The normalized spacial score (nSPS) is 26.1. The number of hydrogen-bond donors (Lipinski definition) is 2. The topological polar surface area (TPSA) is 55.1 Å². The van der Waals surface area contributed by atoms with E-state index in [1.165, 1.54) is 0 Å². The van der Waals surface area contributed by atoms with Crippen molar-refractivity contribution >= 4 is 5.91 Å². The minimum absolute atomic E-state index is 0.0956. The molecule has 0 heterocycles. The van der Waals surface area contributed by atoms with Crippen LogP contribution in [0.25, 0.3) is 0 Å². The fraction of sp³-hybridized carbons (Fsp3) is 0.917. The molecule has 0 bridgehead atoms. The summed E-state index contributed by atoms with van der Waals surface area (Å²) >= 11 is 0. The van der Waals surface area contributed by atoms with Crippen LogP contribution in [0.15, 0.2) is 0 Å². The monoisotopic (exact) mass is 266 g/mol. The number of nitrogens with two attached hydrogens (primary N) is 1. The summed E-state index contributed by atoms with van der Waals surface area (Å²) in [4.78, 5) is 11.1. The zero-order valence-corrected chi connectivity index (χ0v) is 10.8. The van der Waals surface area contributed by atoms with Gasteiger partial charge in [0.2, 0.25) is 5.91 Å². The van der Waals surface area contributed by atoms with Gasteiger partial charge in [-0.05, 0) is 33.1 Å². The quantitative estimate of drug-likeness (QED) is 0.819. The van der Waals surface area contributed by atoms with E-state index in [9.17, 15) is 18.0 Å². The molecule has 6 heteroatoms. The first-order chi connectivity index (χ1) is 8.13. The lowest BCUT2D eigenvalue weighted by Crippen LogP contribution is -2.46. The summed E-state index contributed by atoms with van der Waals surface area (Å²) < 4.78 is 37.8. The van der Waals surface area contributed by atoms with Crippen molar-refractivity contribution in [1.29, 1.82) is 0 Å². The maximum Gasteiger partial charge on any atom is 0.391 e. The maximum atomic E-state index is 12.6. The second-order valence-electron chi connectivity index (χ2n) is 5.73. The van der Waals surface area contributed by atoms with E-state index in [2.05, 4.69) is 5.32 Å². The van der Waals surface area contributed by atoms with Crippen molar-refractivity contribution < 1.29 is 18.0 Å². The molecule has 1 saturated carbocycles. The molecule has 1 rings (SSSR count). The summed E-state index contributed by atoms with van der Waals surface area (Å²) in [6.45, 7) is 3.69. The molecule has 0 aromatic heterocycles. The van der Waals surface area contributed by atoms with Crippen LogP contribution in [-0.2, 0) is 4.79 Å². The Morgan fingerprint density at radius 3 is 2.44 bits per heavy atom. The number of alkyl halides is 3. The Morgan fingerprint density at radius 2 is 1.94 bits per heavy atom. The zero-order valence-electron chi connectivity index (χ0n) is 10.8. The Labute approximate surface area is 105 Å². The van der Waals surface area contributed by atoms with Crippen molar-refractivity contribution in [3.05, 3.63) is 0 Å². The molecule has 2 unspecified atom stereocenters. The van der Waals surface area contributed by atoms with Gasteiger partial charge in [-0.25, -0.2) is 0 Å². The van der Waals surface area contributed by atoms with E-state index in [0.717, 1.165) is 6.42 Å². The predicted octanol–water partition coefficient (Wildman–Crippen LogP) is 2.21. The van der Waals surface area contributed by atoms with Gasteiger partial charge >= 0.3 is 6.18 Å². The van der Waals surface area contributed by atoms with Gasteiger partial charge in [0.05, 0.1) is 11.3 Å². The largest absolute Gasteiger partial charge is 0.391 e. The van der Waals surface area contributed by atoms with Crippen LogP contribution in [0.1, 0.15) is 39.5 Å². The minimum atomic E-state index is -4.11. The van der Waals surface area contributed by atoms with Gasteiger partial charge in [0.15, 0.2) is 0 Å². The SMILES string of the molecule is CC(C)(CNC1CCCC(C(F)(F)F)C1)C(N)=O. The number of amides is 1. The number of nitrogens with one attached hydrogen (secondary N) is 1. The number of primary amides is 1. The zero-order chi connectivity index (χ0) is 14.0. The fourth-order valence-electron chi connectivity index (χ4n) is 2.16. The van der Waals surface area contributed by atoms with Crippen molar-refractivity contribution in [2.24, 2.45) is 17.1 Å². The highest BCUT2D eigenvalue weighted by Gasteiger charge is 2.42. The Balaban J connectivity index is 2.47. The van der Waals surface area contributed by atoms with Gasteiger partial charge in [0, 0.05) is 12.6 Å². The summed E-state index contributed by atoms with van der Waals surface area (Å²) in [5, 5.41) is 3.04. The molecule has 1 aliphatic carbocycles. The van der Waals surface area contributed by atoms with Gasteiger partial charge in [0.1, 0.15) is 0 Å². The van der Waals surface area contributed by atoms with Crippen LogP contribution < -0.4 is 11.1 Å². The summed E-state index contributed by atoms with van der Waals surface area (Å²) in [5.74, 6) is -1.67. The van der Waals surface area contributed by atoms with Gasteiger partial charge in [0.25, 0.3) is 0 Å². The van der Waals surface area contributed by atoms with E-state index in [1.807, 2.05) is 0 Å². The standard InChI is InChI=1S/C12H21F3N2O/c1-11(2,10(16)18)7-17-9-5-3-4-8(6-9)12(13,14)15/h8-9,17H,3-7H2,1-2H3,(H2,16,18). The molecule has 0 aromatic carbocycles. The Kier molecular flexibility index (Phi) is 4.64. The van der Waals surface area contributed by atoms with Gasteiger partial charge in [-0.15, -0.1) is 0 Å². The third-order valence-electron chi connectivity index (χ3n) is 3.64. The Morgan fingerprint density at radius 1 is 1.33 bits per heavy atom. The van der Waals surface area contributed by atoms with Crippen LogP contribution in [0, 0.1) is 11.3 Å². The smallest absolute Gasteiger partial charge is 0.369 e. The average molecular weight is 266 g/mol. The molecule has 1 fully saturated rings. The van der Waals surface area contributed by atoms with E-state index in [1.54, 1.807) is 13.8 Å². The molecule has 0 spiro atoms. The molecule has 0 radical (unpaired) electrons. The fourth-order valence-corrected chi connectivity index (χ4v) is 2.16. The molecule has 18 heavy (non-hydrogen) atoms. The first kappa shape index (κ1) is 15.3. The van der Waals surface area contributed by atoms with E-state index in [0.29, 0.717) is 13.0 Å². The summed E-state index contributed by atoms with van der Waals surface area (Å²) in [5.41, 5.74) is 4.49. The van der Waals surface area contributed by atoms with E-state index in [-0.39, 0.29) is 18.9 Å². The van der Waals surface area contributed by atoms with Crippen molar-refractivity contribution in [1.82, 2.24) is 5.32 Å². The predicted molar refractivity (Wildman–Crippen MR) is 62.8 cm³/mol. The number of rotatable bonds is 4. The molecule has 2 atom stereocenters. The van der Waals surface area contributed by atoms with Crippen LogP contribution in [0.3, 0.4) is 0 Å². The van der Waals surface area contributed by atoms with Crippen LogP contribution in [-0.4, -0.2) is 24.7 Å². The average Bonchev–Trinajstić information content (AvgIpc) is 2.25. The molecule has 0 aromatic rings. The number of carbonyl (C=O) groups is 1. The highest BCUT2D eigenvalue weighted by molar-refractivity contribution is 5.80. The second kappa shape index (κ2) is 5.47. The number of halogens is 3. The molecular formula is C12H21F3N2O. The number of carbonyl (C=O) groups excluding carboxylic acids is 1. The van der Waals surface area contributed by atoms with Gasteiger partial charge in [-0.1, -0.05) is 6.42 Å². The van der Waals surface area contributed by atoms with Crippen molar-refractivity contribution in [3.8, 4) is 0 Å². The van der Waals surface area contributed by atoms with Crippen molar-refractivity contribution in [3.63, 3.8) is 0 Å². The lowest BCUT2D eigenvalue weighted by molar-refractivity contribution is -0.183. The highest BCUT2D eigenvalue weighted by atomic mass is 19.4. The van der Waals surface area contributed by atoms with Gasteiger partial charge < -0.3 is 11.1 Å². The van der Waals surface area contributed by atoms with Crippen molar-refractivity contribution in [2.75, 3.05) is 6.54 Å². The number of hydrogen-bond acceptors (Lipinski definition) is 2. The van der Waals surface area contributed by atoms with Crippen LogP contribution in [0.4, 0.5) is 13.2 Å². The first-order valence-electron chi connectivity index (χ1n) is 6.23. The maximum absolute atomic E-state index is 12.6. The lowest BCUT2D eigenvalue weighted by atomic mass is 9.84. The van der Waals surface area contributed by atoms with E-state index in [4.69, 9.17) is 5.73 Å². The lowest BCUT2D eigenvalue weighted by Gasteiger charge is -2.33. The second-order valence-corrected chi connectivity index (χ2v) is 5.73. The first-order valence-corrected chi connectivity index (χ1v) is 6.23.